The molecule has 4 bridgehead atoms. The lowest BCUT2D eigenvalue weighted by atomic mass is 9.49. The molecular weight excluding hydrogens is 376 g/mol. The van der Waals surface area contributed by atoms with Crippen LogP contribution in [-0.2, 0) is 9.53 Å². The molecule has 4 aliphatic carbocycles. The van der Waals surface area contributed by atoms with Crippen molar-refractivity contribution >= 4 is 23.6 Å². The second kappa shape index (κ2) is 5.81. The van der Waals surface area contributed by atoms with E-state index in [-0.39, 0.29) is 29.2 Å². The molecule has 1 aromatic rings. The minimum absolute atomic E-state index is 0.0167. The van der Waals surface area contributed by atoms with Gasteiger partial charge >= 0.3 is 5.97 Å². The molecule has 0 radical (unpaired) electrons. The molecule has 150 valence electrons. The van der Waals surface area contributed by atoms with Crippen molar-refractivity contribution in [2.75, 3.05) is 6.79 Å². The van der Waals surface area contributed by atoms with Crippen LogP contribution in [0, 0.1) is 33.3 Å². The quantitative estimate of drug-likeness (QED) is 0.333. The van der Waals surface area contributed by atoms with E-state index in [0.29, 0.717) is 35.2 Å². The average molecular weight is 396 g/mol. The van der Waals surface area contributed by atoms with E-state index in [2.05, 4.69) is 4.99 Å². The zero-order valence-electron chi connectivity index (χ0n) is 15.8. The van der Waals surface area contributed by atoms with Crippen LogP contribution in [0.15, 0.2) is 22.8 Å². The van der Waals surface area contributed by atoms with E-state index >= 15 is 0 Å². The highest BCUT2D eigenvalue weighted by Gasteiger charge is 2.55. The first kappa shape index (κ1) is 17.0. The maximum Gasteiger partial charge on any atom is 0.363 e. The summed E-state index contributed by atoms with van der Waals surface area (Å²) < 4.78 is 16.2. The third kappa shape index (κ3) is 2.58. The summed E-state index contributed by atoms with van der Waals surface area (Å²) >= 11 is 0. The zero-order chi connectivity index (χ0) is 19.8. The van der Waals surface area contributed by atoms with Crippen LogP contribution in [-0.4, -0.2) is 23.6 Å². The van der Waals surface area contributed by atoms with Gasteiger partial charge in [-0.3, -0.25) is 10.1 Å². The first-order valence-corrected chi connectivity index (χ1v) is 10.1. The van der Waals surface area contributed by atoms with Gasteiger partial charge in [-0.2, -0.15) is 0 Å². The van der Waals surface area contributed by atoms with Gasteiger partial charge in [0.2, 0.25) is 12.7 Å². The zero-order valence-corrected chi connectivity index (χ0v) is 15.8. The predicted molar refractivity (Wildman–Crippen MR) is 101 cm³/mol. The van der Waals surface area contributed by atoms with Crippen molar-refractivity contribution in [1.29, 1.82) is 0 Å². The molecule has 7 rings (SSSR count). The third-order valence-corrected chi connectivity index (χ3v) is 7.12. The second-order valence-electron chi connectivity index (χ2n) is 9.06. The Labute approximate surface area is 166 Å². The third-order valence-electron chi connectivity index (χ3n) is 7.12. The van der Waals surface area contributed by atoms with Crippen molar-refractivity contribution in [2.45, 2.75) is 38.5 Å². The summed E-state index contributed by atoms with van der Waals surface area (Å²) in [5, 5.41) is 11.5. The minimum atomic E-state index is -0.539. The minimum Gasteiger partial charge on any atom is -0.454 e. The molecule has 2 aliphatic heterocycles. The van der Waals surface area contributed by atoms with Gasteiger partial charge in [0.25, 0.3) is 5.69 Å². The number of rotatable bonds is 3. The van der Waals surface area contributed by atoms with Crippen molar-refractivity contribution in [3.63, 3.8) is 0 Å². The number of ether oxygens (including phenoxy) is 3. The number of fused-ring (bicyclic) bond motifs is 1. The van der Waals surface area contributed by atoms with Crippen LogP contribution in [0.5, 0.6) is 11.5 Å². The summed E-state index contributed by atoms with van der Waals surface area (Å²) in [5.41, 5.74) is 0.0632. The number of carbonyl (C=O) groups excluding carboxylic acids is 1. The van der Waals surface area contributed by atoms with Gasteiger partial charge in [-0.05, 0) is 68.4 Å². The van der Waals surface area contributed by atoms with Crippen LogP contribution in [0.1, 0.15) is 44.1 Å². The average Bonchev–Trinajstić information content (AvgIpc) is 3.26. The molecule has 29 heavy (non-hydrogen) atoms. The van der Waals surface area contributed by atoms with Crippen LogP contribution in [0.25, 0.3) is 6.08 Å². The van der Waals surface area contributed by atoms with Gasteiger partial charge in [-0.1, -0.05) is 0 Å². The molecule has 4 saturated carbocycles. The Bertz CT molecular complexity index is 975. The van der Waals surface area contributed by atoms with E-state index in [1.165, 1.54) is 37.5 Å². The lowest BCUT2D eigenvalue weighted by molar-refractivity contribution is -0.385. The van der Waals surface area contributed by atoms with Crippen molar-refractivity contribution in [2.24, 2.45) is 28.2 Å². The molecule has 8 nitrogen and oxygen atoms in total. The molecule has 0 amide bonds. The summed E-state index contributed by atoms with van der Waals surface area (Å²) in [6, 6.07) is 2.83. The molecule has 0 unspecified atom stereocenters. The van der Waals surface area contributed by atoms with Gasteiger partial charge in [-0.25, -0.2) is 9.79 Å². The summed E-state index contributed by atoms with van der Waals surface area (Å²) in [5.74, 6) is 2.82. The smallest absolute Gasteiger partial charge is 0.363 e. The number of nitro benzene ring substituents is 1. The number of esters is 1. The molecule has 0 saturated heterocycles. The van der Waals surface area contributed by atoms with Gasteiger partial charge in [0.1, 0.15) is 0 Å². The number of aliphatic imine (C=N–C) groups is 1. The SMILES string of the molecule is O=C1OC(C23CC4CC(CC(C4)C2)C3)=NC1=Cc1cc2c(cc1[N+](=O)[O-])OCO2. The van der Waals surface area contributed by atoms with Crippen LogP contribution in [0.2, 0.25) is 0 Å². The fraction of sp³-hybridized carbons (Fsp3) is 0.524. The summed E-state index contributed by atoms with van der Waals surface area (Å²) in [6.45, 7) is 0.0167. The first-order valence-electron chi connectivity index (χ1n) is 10.1. The van der Waals surface area contributed by atoms with Crippen LogP contribution in [0.3, 0.4) is 0 Å². The van der Waals surface area contributed by atoms with Gasteiger partial charge < -0.3 is 14.2 Å². The number of cyclic esters (lactones) is 1. The van der Waals surface area contributed by atoms with E-state index < -0.39 is 10.9 Å². The molecule has 0 spiro atoms. The highest BCUT2D eigenvalue weighted by Crippen LogP contribution is 2.61. The Hall–Kier alpha value is -2.90. The lowest BCUT2D eigenvalue weighted by Gasteiger charge is -2.55. The van der Waals surface area contributed by atoms with E-state index in [1.807, 2.05) is 0 Å². The number of nitro groups is 1. The standard InChI is InChI=1S/C21H20N2O6/c24-19-15(4-14-5-17-18(28-10-27-17)6-16(14)23(25)26)22-20(29-19)21-7-11-1-12(8-21)3-13(2-11)9-21/h4-6,11-13H,1-3,7-10H2. The Morgan fingerprint density at radius 1 is 1.07 bits per heavy atom. The second-order valence-corrected chi connectivity index (χ2v) is 9.06. The van der Waals surface area contributed by atoms with E-state index in [4.69, 9.17) is 14.2 Å². The highest BCUT2D eigenvalue weighted by molar-refractivity contribution is 6.09. The van der Waals surface area contributed by atoms with Crippen LogP contribution < -0.4 is 9.47 Å². The first-order chi connectivity index (χ1) is 14.0. The Kier molecular flexibility index (Phi) is 3.40. The van der Waals surface area contributed by atoms with Gasteiger partial charge in [0.05, 0.1) is 16.6 Å². The number of hydrogen-bond donors (Lipinski definition) is 0. The topological polar surface area (TPSA) is 100 Å². The Morgan fingerprint density at radius 2 is 1.69 bits per heavy atom. The Morgan fingerprint density at radius 3 is 2.31 bits per heavy atom. The van der Waals surface area contributed by atoms with Gasteiger partial charge in [-0.15, -0.1) is 0 Å². The molecule has 0 aromatic heterocycles. The summed E-state index contributed by atoms with van der Waals surface area (Å²) in [6.07, 6.45) is 8.37. The molecule has 0 N–H and O–H groups in total. The molecule has 2 heterocycles. The molecule has 4 fully saturated rings. The molecule has 6 aliphatic rings. The monoisotopic (exact) mass is 396 g/mol. The van der Waals surface area contributed by atoms with E-state index in [9.17, 15) is 14.9 Å². The maximum absolute atomic E-state index is 12.6. The predicted octanol–water partition coefficient (Wildman–Crippen LogP) is 3.84. The fourth-order valence-corrected chi connectivity index (χ4v) is 6.38. The number of nitrogens with zero attached hydrogens (tertiary/aromatic N) is 2. The number of carbonyl (C=O) groups is 1. The van der Waals surface area contributed by atoms with Crippen molar-refractivity contribution < 1.29 is 23.9 Å². The number of benzene rings is 1. The highest BCUT2D eigenvalue weighted by atomic mass is 16.7. The van der Waals surface area contributed by atoms with Crippen molar-refractivity contribution in [1.82, 2.24) is 0 Å². The van der Waals surface area contributed by atoms with Gasteiger partial charge in [0.15, 0.2) is 17.2 Å². The van der Waals surface area contributed by atoms with E-state index in [0.717, 1.165) is 19.3 Å². The van der Waals surface area contributed by atoms with Crippen LogP contribution >= 0.6 is 0 Å². The normalized spacial score (nSPS) is 35.2. The van der Waals surface area contributed by atoms with Crippen molar-refractivity contribution in [3.05, 3.63) is 33.5 Å². The molecular formula is C21H20N2O6. The summed E-state index contributed by atoms with van der Waals surface area (Å²) in [4.78, 5) is 28.1. The molecule has 0 atom stereocenters. The molecule has 8 heteroatoms. The van der Waals surface area contributed by atoms with Crippen LogP contribution in [0.4, 0.5) is 5.69 Å². The fourth-order valence-electron chi connectivity index (χ4n) is 6.38. The lowest BCUT2D eigenvalue weighted by Crippen LogP contribution is -2.50. The maximum atomic E-state index is 12.6. The van der Waals surface area contributed by atoms with E-state index in [1.54, 1.807) is 0 Å². The Balaban J connectivity index is 1.38. The number of hydrogen-bond acceptors (Lipinski definition) is 7. The van der Waals surface area contributed by atoms with Crippen molar-refractivity contribution in [3.8, 4) is 11.5 Å². The summed E-state index contributed by atoms with van der Waals surface area (Å²) in [7, 11) is 0. The largest absolute Gasteiger partial charge is 0.454 e. The molecule has 1 aromatic carbocycles. The van der Waals surface area contributed by atoms with Gasteiger partial charge in [0, 0.05) is 5.41 Å².